The number of aromatic nitrogens is 2. The lowest BCUT2D eigenvalue weighted by Gasteiger charge is -2.17. The summed E-state index contributed by atoms with van der Waals surface area (Å²) in [5, 5.41) is 3.87. The fraction of sp³-hybridized carbons (Fsp3) is 0.300. The van der Waals surface area contributed by atoms with Crippen LogP contribution in [0.2, 0.25) is 0 Å². The fourth-order valence-corrected chi connectivity index (χ4v) is 4.48. The molecule has 0 atom stereocenters. The zero-order valence-electron chi connectivity index (χ0n) is 15.3. The number of nitrogens with one attached hydrogen (secondary N) is 1. The van der Waals surface area contributed by atoms with Gasteiger partial charge in [0.05, 0.1) is 10.3 Å². The van der Waals surface area contributed by atoms with E-state index in [2.05, 4.69) is 20.2 Å². The number of hydrogen-bond acceptors (Lipinski definition) is 6. The van der Waals surface area contributed by atoms with Gasteiger partial charge >= 0.3 is 0 Å². The van der Waals surface area contributed by atoms with Gasteiger partial charge in [0.25, 0.3) is 5.91 Å². The van der Waals surface area contributed by atoms with Gasteiger partial charge in [-0.1, -0.05) is 12.1 Å². The molecule has 27 heavy (non-hydrogen) atoms. The number of hydrogen-bond donors (Lipinski definition) is 1. The van der Waals surface area contributed by atoms with Crippen molar-refractivity contribution in [2.75, 3.05) is 23.3 Å². The summed E-state index contributed by atoms with van der Waals surface area (Å²) >= 11 is 1.38. The Balaban J connectivity index is 1.68. The van der Waals surface area contributed by atoms with Crippen molar-refractivity contribution in [1.82, 2.24) is 9.97 Å². The molecule has 1 N–H and O–H groups in total. The number of nitrogens with zero attached hydrogens (tertiary/aromatic N) is 3. The zero-order chi connectivity index (χ0) is 19.0. The average Bonchev–Trinajstić information content (AvgIpc) is 3.30. The Kier molecular flexibility index (Phi) is 4.61. The van der Waals surface area contributed by atoms with Crippen LogP contribution in [0.5, 0.6) is 0 Å². The second-order valence-corrected chi connectivity index (χ2v) is 7.72. The van der Waals surface area contributed by atoms with E-state index in [9.17, 15) is 9.59 Å². The Hall–Kier alpha value is -2.80. The number of fused-ring (bicyclic) bond motifs is 1. The average molecular weight is 380 g/mol. The zero-order valence-corrected chi connectivity index (χ0v) is 16.1. The van der Waals surface area contributed by atoms with Crippen LogP contribution >= 0.6 is 11.3 Å². The molecule has 0 radical (unpaired) electrons. The highest BCUT2D eigenvalue weighted by molar-refractivity contribution is 7.20. The van der Waals surface area contributed by atoms with Crippen molar-refractivity contribution in [2.24, 2.45) is 0 Å². The highest BCUT2D eigenvalue weighted by Crippen LogP contribution is 2.36. The number of Topliss-reactive ketones (excluding diaryl/α,β-unsaturated/α-hetero) is 1. The number of ketones is 1. The monoisotopic (exact) mass is 380 g/mol. The van der Waals surface area contributed by atoms with Gasteiger partial charge in [-0.15, -0.1) is 11.3 Å². The van der Waals surface area contributed by atoms with Crippen LogP contribution in [0.3, 0.4) is 0 Å². The maximum Gasteiger partial charge on any atom is 0.266 e. The molecule has 0 aliphatic carbocycles. The minimum absolute atomic E-state index is 0.0327. The minimum Gasteiger partial charge on any atom is -0.356 e. The van der Waals surface area contributed by atoms with Crippen molar-refractivity contribution in [3.05, 3.63) is 46.6 Å². The molecule has 3 heterocycles. The van der Waals surface area contributed by atoms with E-state index in [1.54, 1.807) is 30.6 Å². The van der Waals surface area contributed by atoms with Crippen LogP contribution in [-0.2, 0) is 0 Å². The molecule has 0 unspecified atom stereocenters. The molecule has 0 spiro atoms. The fourth-order valence-electron chi connectivity index (χ4n) is 3.44. The van der Waals surface area contributed by atoms with Crippen molar-refractivity contribution in [1.29, 1.82) is 0 Å². The van der Waals surface area contributed by atoms with Crippen LogP contribution in [0.4, 0.5) is 11.5 Å². The summed E-state index contributed by atoms with van der Waals surface area (Å²) in [5.41, 5.74) is 2.08. The molecule has 7 heteroatoms. The lowest BCUT2D eigenvalue weighted by Crippen LogP contribution is -2.19. The lowest BCUT2D eigenvalue weighted by atomic mass is 10.1. The first-order valence-corrected chi connectivity index (χ1v) is 9.77. The Labute approximate surface area is 161 Å². The van der Waals surface area contributed by atoms with Crippen molar-refractivity contribution in [3.8, 4) is 0 Å². The first-order chi connectivity index (χ1) is 13.0. The second-order valence-electron chi connectivity index (χ2n) is 6.72. The Morgan fingerprint density at radius 2 is 1.96 bits per heavy atom. The molecule has 1 aliphatic heterocycles. The summed E-state index contributed by atoms with van der Waals surface area (Å²) in [4.78, 5) is 37.0. The van der Waals surface area contributed by atoms with Crippen LogP contribution in [0.15, 0.2) is 30.6 Å². The maximum atomic E-state index is 12.9. The van der Waals surface area contributed by atoms with Crippen LogP contribution in [0.1, 0.15) is 45.4 Å². The van der Waals surface area contributed by atoms with E-state index < -0.39 is 0 Å². The number of amides is 1. The van der Waals surface area contributed by atoms with E-state index >= 15 is 0 Å². The smallest absolute Gasteiger partial charge is 0.266 e. The Morgan fingerprint density at radius 1 is 1.19 bits per heavy atom. The summed E-state index contributed by atoms with van der Waals surface area (Å²) in [7, 11) is 0. The molecular formula is C20H20N4O2S. The van der Waals surface area contributed by atoms with E-state index in [0.29, 0.717) is 16.1 Å². The number of carbonyl (C=O) groups is 2. The number of benzene rings is 1. The molecule has 6 nitrogen and oxygen atoms in total. The molecule has 2 aromatic heterocycles. The third-order valence-corrected chi connectivity index (χ3v) is 6.04. The third-order valence-electron chi connectivity index (χ3n) is 4.85. The van der Waals surface area contributed by atoms with Gasteiger partial charge in [-0.2, -0.15) is 0 Å². The largest absolute Gasteiger partial charge is 0.356 e. The molecule has 0 bridgehead atoms. The summed E-state index contributed by atoms with van der Waals surface area (Å²) in [5.74, 6) is 0.696. The van der Waals surface area contributed by atoms with Crippen molar-refractivity contribution in [2.45, 2.75) is 26.7 Å². The molecule has 1 amide bonds. The number of thiophene rings is 1. The van der Waals surface area contributed by atoms with E-state index in [4.69, 9.17) is 0 Å². The van der Waals surface area contributed by atoms with Crippen molar-refractivity contribution in [3.63, 3.8) is 0 Å². The third kappa shape index (κ3) is 3.30. The summed E-state index contributed by atoms with van der Waals surface area (Å²) in [6.45, 7) is 5.43. The normalized spacial score (nSPS) is 13.9. The summed E-state index contributed by atoms with van der Waals surface area (Å²) in [6, 6.07) is 6.97. The predicted octanol–water partition coefficient (Wildman–Crippen LogP) is 4.05. The quantitative estimate of drug-likeness (QED) is 0.691. The molecule has 3 aromatic rings. The van der Waals surface area contributed by atoms with Crippen LogP contribution < -0.4 is 10.2 Å². The van der Waals surface area contributed by atoms with Gasteiger partial charge in [-0.05, 0) is 44.4 Å². The molecule has 138 valence electrons. The van der Waals surface area contributed by atoms with Crippen LogP contribution in [-0.4, -0.2) is 34.7 Å². The summed E-state index contributed by atoms with van der Waals surface area (Å²) in [6.07, 6.45) is 3.90. The van der Waals surface area contributed by atoms with Crippen LogP contribution in [0, 0.1) is 6.92 Å². The molecule has 1 aliphatic rings. The molecule has 0 saturated carbocycles. The molecule has 1 aromatic carbocycles. The van der Waals surface area contributed by atoms with Gasteiger partial charge < -0.3 is 10.2 Å². The second kappa shape index (κ2) is 7.08. The van der Waals surface area contributed by atoms with Gasteiger partial charge in [-0.25, -0.2) is 9.97 Å². The van der Waals surface area contributed by atoms with E-state index in [1.165, 1.54) is 18.3 Å². The number of rotatable bonds is 4. The predicted molar refractivity (Wildman–Crippen MR) is 108 cm³/mol. The van der Waals surface area contributed by atoms with Gasteiger partial charge in [0.2, 0.25) is 0 Å². The first-order valence-electron chi connectivity index (χ1n) is 8.96. The van der Waals surface area contributed by atoms with E-state index in [1.807, 2.05) is 6.92 Å². The van der Waals surface area contributed by atoms with Crippen LogP contribution in [0.25, 0.3) is 10.2 Å². The Bertz CT molecular complexity index is 1040. The highest BCUT2D eigenvalue weighted by atomic mass is 32.1. The van der Waals surface area contributed by atoms with E-state index in [0.717, 1.165) is 47.5 Å². The molecule has 1 fully saturated rings. The van der Waals surface area contributed by atoms with Gasteiger partial charge in [0.1, 0.15) is 17.0 Å². The molecule has 1 saturated heterocycles. The minimum atomic E-state index is -0.191. The first kappa shape index (κ1) is 17.6. The lowest BCUT2D eigenvalue weighted by molar-refractivity contribution is 0.101. The summed E-state index contributed by atoms with van der Waals surface area (Å²) < 4.78 is 0. The van der Waals surface area contributed by atoms with Gasteiger partial charge in [0, 0.05) is 24.3 Å². The molecule has 4 rings (SSSR count). The topological polar surface area (TPSA) is 75.2 Å². The number of anilines is 2. The highest BCUT2D eigenvalue weighted by Gasteiger charge is 2.23. The van der Waals surface area contributed by atoms with Crippen molar-refractivity contribution < 1.29 is 9.59 Å². The number of aryl methyl sites for hydroxylation is 1. The number of carbonyl (C=O) groups excluding carboxylic acids is 2. The maximum absolute atomic E-state index is 12.9. The van der Waals surface area contributed by atoms with Gasteiger partial charge in [-0.3, -0.25) is 9.59 Å². The standard InChI is InChI=1S/C20H20N4O2S/c1-12-16-18(24-8-3-4-9-24)21-11-22-20(16)27-17(12)19(26)23-15-7-5-6-14(10-15)13(2)25/h5-7,10-11H,3-4,8-9H2,1-2H3,(H,23,26). The van der Waals surface area contributed by atoms with Gasteiger partial charge in [0.15, 0.2) is 5.78 Å². The Morgan fingerprint density at radius 3 is 2.70 bits per heavy atom. The SMILES string of the molecule is CC(=O)c1cccc(NC(=O)c2sc3ncnc(N4CCCC4)c3c2C)c1. The molecular weight excluding hydrogens is 360 g/mol. The van der Waals surface area contributed by atoms with Crippen molar-refractivity contribution >= 4 is 44.7 Å². The van der Waals surface area contributed by atoms with E-state index in [-0.39, 0.29) is 11.7 Å².